The minimum atomic E-state index is -0.485. The fourth-order valence-corrected chi connectivity index (χ4v) is 3.40. The van der Waals surface area contributed by atoms with E-state index in [1.165, 1.54) is 17.7 Å². The summed E-state index contributed by atoms with van der Waals surface area (Å²) in [7, 11) is 0. The number of aryl methyl sites for hydroxylation is 1. The van der Waals surface area contributed by atoms with E-state index in [-0.39, 0.29) is 11.5 Å². The molecule has 0 heterocycles. The normalized spacial score (nSPS) is 12.4. The lowest BCUT2D eigenvalue weighted by atomic mass is 9.92. The average Bonchev–Trinajstić information content (AvgIpc) is 2.71. The maximum atomic E-state index is 14.6. The first-order valence-electron chi connectivity index (χ1n) is 9.86. The quantitative estimate of drug-likeness (QED) is 0.376. The second-order valence-corrected chi connectivity index (χ2v) is 7.30. The summed E-state index contributed by atoms with van der Waals surface area (Å²) in [4.78, 5) is 0. The van der Waals surface area contributed by atoms with Gasteiger partial charge in [-0.05, 0) is 53.1 Å². The molecular formula is C26H26F2. The van der Waals surface area contributed by atoms with E-state index in [1.54, 1.807) is 6.08 Å². The molecule has 0 saturated heterocycles. The molecule has 0 radical (unpaired) electrons. The lowest BCUT2D eigenvalue weighted by Crippen LogP contribution is -2.04. The van der Waals surface area contributed by atoms with E-state index in [0.717, 1.165) is 24.0 Å². The van der Waals surface area contributed by atoms with E-state index in [2.05, 4.69) is 19.1 Å². The van der Waals surface area contributed by atoms with Crippen LogP contribution >= 0.6 is 0 Å². The third kappa shape index (κ3) is 5.16. The smallest absolute Gasteiger partial charge is 0.129 e. The molecular weight excluding hydrogens is 350 g/mol. The molecule has 144 valence electrons. The molecule has 0 N–H and O–H groups in total. The topological polar surface area (TPSA) is 0 Å². The van der Waals surface area contributed by atoms with Crippen molar-refractivity contribution in [2.75, 3.05) is 0 Å². The number of benzene rings is 3. The van der Waals surface area contributed by atoms with Gasteiger partial charge < -0.3 is 0 Å². The van der Waals surface area contributed by atoms with Crippen LogP contribution in [0.5, 0.6) is 0 Å². The third-order valence-electron chi connectivity index (χ3n) is 5.03. The van der Waals surface area contributed by atoms with Crippen LogP contribution in [0.25, 0.3) is 12.2 Å². The minimum absolute atomic E-state index is 0.0493. The van der Waals surface area contributed by atoms with Gasteiger partial charge in [-0.25, -0.2) is 8.78 Å². The first kappa shape index (κ1) is 20.0. The van der Waals surface area contributed by atoms with Crippen molar-refractivity contribution in [3.05, 3.63) is 106 Å². The van der Waals surface area contributed by atoms with Crippen LogP contribution in [-0.2, 0) is 12.8 Å². The number of hydrogen-bond donors (Lipinski definition) is 0. The maximum Gasteiger partial charge on any atom is 0.129 e. The van der Waals surface area contributed by atoms with Gasteiger partial charge in [-0.2, -0.15) is 0 Å². The summed E-state index contributed by atoms with van der Waals surface area (Å²) >= 11 is 0. The highest BCUT2D eigenvalue weighted by molar-refractivity contribution is 5.69. The first-order chi connectivity index (χ1) is 13.6. The average molecular weight is 376 g/mol. The summed E-state index contributed by atoms with van der Waals surface area (Å²) < 4.78 is 29.2. The number of hydrogen-bond acceptors (Lipinski definition) is 0. The fraction of sp³-hybridized carbons (Fsp3) is 0.231. The van der Waals surface area contributed by atoms with Gasteiger partial charge in [-0.15, -0.1) is 0 Å². The van der Waals surface area contributed by atoms with Gasteiger partial charge in [-0.1, -0.05) is 87.0 Å². The molecule has 0 saturated carbocycles. The van der Waals surface area contributed by atoms with Crippen molar-refractivity contribution in [2.45, 2.75) is 39.0 Å². The Hall–Kier alpha value is -2.74. The molecule has 0 bridgehead atoms. The molecule has 0 aliphatic carbocycles. The van der Waals surface area contributed by atoms with Crippen LogP contribution in [0, 0.1) is 11.6 Å². The second-order valence-electron chi connectivity index (χ2n) is 7.30. The predicted molar refractivity (Wildman–Crippen MR) is 114 cm³/mol. The zero-order valence-electron chi connectivity index (χ0n) is 16.5. The molecule has 0 spiro atoms. The Bertz CT molecular complexity index is 901. The van der Waals surface area contributed by atoms with Crippen molar-refractivity contribution >= 4 is 12.2 Å². The fourth-order valence-electron chi connectivity index (χ4n) is 3.40. The van der Waals surface area contributed by atoms with E-state index in [9.17, 15) is 8.78 Å². The van der Waals surface area contributed by atoms with Gasteiger partial charge in [0, 0.05) is 5.56 Å². The molecule has 0 aliphatic heterocycles. The molecule has 0 unspecified atom stereocenters. The lowest BCUT2D eigenvalue weighted by molar-refractivity contribution is 0.543. The standard InChI is InChI=1S/C26H26F2/c1-3-7-20-10-12-21(13-11-20)14-15-22-17-25(27)24(26(28)18-22)16-19(2)23-8-5-4-6-9-23/h4-6,8-15,17-19H,3,7,16H2,1-2H3/t19-/m1/s1. The molecule has 0 aromatic heterocycles. The third-order valence-corrected chi connectivity index (χ3v) is 5.03. The Kier molecular flexibility index (Phi) is 6.76. The molecule has 3 aromatic rings. The molecule has 3 rings (SSSR count). The molecule has 1 atom stereocenters. The van der Waals surface area contributed by atoms with Crippen molar-refractivity contribution in [2.24, 2.45) is 0 Å². The van der Waals surface area contributed by atoms with Crippen molar-refractivity contribution < 1.29 is 8.78 Å². The molecule has 0 aliphatic rings. The second kappa shape index (κ2) is 9.45. The van der Waals surface area contributed by atoms with Crippen LogP contribution in [0.2, 0.25) is 0 Å². The van der Waals surface area contributed by atoms with E-state index >= 15 is 0 Å². The summed E-state index contributed by atoms with van der Waals surface area (Å²) in [5.74, 6) is -0.922. The molecule has 0 amide bonds. The first-order valence-corrected chi connectivity index (χ1v) is 9.86. The van der Waals surface area contributed by atoms with Gasteiger partial charge in [0.2, 0.25) is 0 Å². The number of rotatable bonds is 7. The Morgan fingerprint density at radius 2 is 1.43 bits per heavy atom. The van der Waals surface area contributed by atoms with Gasteiger partial charge in [0.15, 0.2) is 0 Å². The lowest BCUT2D eigenvalue weighted by Gasteiger charge is -2.14. The van der Waals surface area contributed by atoms with E-state index in [1.807, 2.05) is 55.5 Å². The van der Waals surface area contributed by atoms with Crippen molar-refractivity contribution in [3.63, 3.8) is 0 Å². The maximum absolute atomic E-state index is 14.6. The summed E-state index contributed by atoms with van der Waals surface area (Å²) in [6.45, 7) is 4.14. The van der Waals surface area contributed by atoms with Crippen LogP contribution in [0.3, 0.4) is 0 Å². The minimum Gasteiger partial charge on any atom is -0.207 e. The van der Waals surface area contributed by atoms with Crippen LogP contribution in [-0.4, -0.2) is 0 Å². The van der Waals surface area contributed by atoms with E-state index < -0.39 is 11.6 Å². The van der Waals surface area contributed by atoms with Crippen molar-refractivity contribution in [1.29, 1.82) is 0 Å². The van der Waals surface area contributed by atoms with Crippen molar-refractivity contribution in [3.8, 4) is 0 Å². The van der Waals surface area contributed by atoms with Gasteiger partial charge in [-0.3, -0.25) is 0 Å². The Balaban J connectivity index is 1.74. The summed E-state index contributed by atoms with van der Waals surface area (Å²) in [6, 6.07) is 20.9. The van der Waals surface area contributed by atoms with Crippen LogP contribution in [0.4, 0.5) is 8.78 Å². The summed E-state index contributed by atoms with van der Waals surface area (Å²) in [5, 5.41) is 0. The highest BCUT2D eigenvalue weighted by atomic mass is 19.1. The number of halogens is 2. The molecule has 2 heteroatoms. The highest BCUT2D eigenvalue weighted by Gasteiger charge is 2.15. The predicted octanol–water partition coefficient (Wildman–Crippen LogP) is 7.43. The van der Waals surface area contributed by atoms with Gasteiger partial charge in [0.1, 0.15) is 11.6 Å². The molecule has 0 nitrogen and oxygen atoms in total. The SMILES string of the molecule is CCCc1ccc(C=Cc2cc(F)c(C[C@@H](C)c3ccccc3)c(F)c2)cc1. The van der Waals surface area contributed by atoms with Crippen LogP contribution in [0.15, 0.2) is 66.7 Å². The van der Waals surface area contributed by atoms with Gasteiger partial charge in [0.25, 0.3) is 0 Å². The van der Waals surface area contributed by atoms with E-state index in [0.29, 0.717) is 12.0 Å². The Labute approximate surface area is 166 Å². The largest absolute Gasteiger partial charge is 0.207 e. The van der Waals surface area contributed by atoms with Crippen LogP contribution < -0.4 is 0 Å². The van der Waals surface area contributed by atoms with Gasteiger partial charge in [0.05, 0.1) is 0 Å². The zero-order valence-corrected chi connectivity index (χ0v) is 16.5. The zero-order chi connectivity index (χ0) is 19.9. The summed E-state index contributed by atoms with van der Waals surface area (Å²) in [6.07, 6.45) is 6.15. The van der Waals surface area contributed by atoms with Gasteiger partial charge >= 0.3 is 0 Å². The molecule has 28 heavy (non-hydrogen) atoms. The Morgan fingerprint density at radius 1 is 0.821 bits per heavy atom. The van der Waals surface area contributed by atoms with Crippen LogP contribution in [0.1, 0.15) is 54.0 Å². The molecule has 0 fully saturated rings. The van der Waals surface area contributed by atoms with E-state index in [4.69, 9.17) is 0 Å². The summed E-state index contributed by atoms with van der Waals surface area (Å²) in [5.41, 5.74) is 4.08. The monoisotopic (exact) mass is 376 g/mol. The highest BCUT2D eigenvalue weighted by Crippen LogP contribution is 2.25. The van der Waals surface area contributed by atoms with Crippen molar-refractivity contribution in [1.82, 2.24) is 0 Å². The molecule has 3 aromatic carbocycles. The Morgan fingerprint density at radius 3 is 2.04 bits per heavy atom.